The molecule has 3 unspecified atom stereocenters. The molecule has 1 saturated carbocycles. The highest BCUT2D eigenvalue weighted by atomic mass is 16.1. The minimum absolute atomic E-state index is 0.177. The van der Waals surface area contributed by atoms with E-state index in [1.165, 1.54) is 6.42 Å². The fourth-order valence-electron chi connectivity index (χ4n) is 2.88. The third-order valence-electron chi connectivity index (χ3n) is 4.32. The van der Waals surface area contributed by atoms with Crippen LogP contribution in [-0.2, 0) is 4.79 Å². The van der Waals surface area contributed by atoms with Crippen LogP contribution in [0.2, 0.25) is 0 Å². The Balaban J connectivity index is 2.24. The molecule has 0 aromatic heterocycles. The highest BCUT2D eigenvalue weighted by Crippen LogP contribution is 2.27. The summed E-state index contributed by atoms with van der Waals surface area (Å²) in [4.78, 5) is 14.5. The maximum absolute atomic E-state index is 12.1. The van der Waals surface area contributed by atoms with Crippen molar-refractivity contribution in [2.75, 3.05) is 26.2 Å². The number of carbonyl (C=O) groups excluding carboxylic acids is 1. The van der Waals surface area contributed by atoms with Crippen LogP contribution in [0, 0.1) is 11.8 Å². The molecule has 19 heavy (non-hydrogen) atoms. The lowest BCUT2D eigenvalue weighted by Crippen LogP contribution is -2.42. The molecule has 1 rings (SSSR count). The summed E-state index contributed by atoms with van der Waals surface area (Å²) in [5, 5.41) is 3.09. The third kappa shape index (κ3) is 5.49. The van der Waals surface area contributed by atoms with Crippen LogP contribution in [0.4, 0.5) is 0 Å². The van der Waals surface area contributed by atoms with Gasteiger partial charge in [0.1, 0.15) is 0 Å². The third-order valence-corrected chi connectivity index (χ3v) is 4.32. The molecule has 0 spiro atoms. The first-order valence-corrected chi connectivity index (χ1v) is 7.84. The molecule has 1 aliphatic rings. The van der Waals surface area contributed by atoms with Gasteiger partial charge in [0.05, 0.1) is 0 Å². The van der Waals surface area contributed by atoms with Crippen LogP contribution in [0.1, 0.15) is 46.5 Å². The van der Waals surface area contributed by atoms with Crippen molar-refractivity contribution in [1.29, 1.82) is 0 Å². The molecule has 0 aliphatic heterocycles. The molecule has 0 aromatic carbocycles. The van der Waals surface area contributed by atoms with E-state index >= 15 is 0 Å². The summed E-state index contributed by atoms with van der Waals surface area (Å²) < 4.78 is 0. The van der Waals surface area contributed by atoms with Crippen molar-refractivity contribution in [3.63, 3.8) is 0 Å². The number of hydrogen-bond acceptors (Lipinski definition) is 3. The molecule has 4 nitrogen and oxygen atoms in total. The van der Waals surface area contributed by atoms with Crippen LogP contribution in [0.15, 0.2) is 0 Å². The lowest BCUT2D eigenvalue weighted by molar-refractivity contribution is -0.126. The number of carbonyl (C=O) groups is 1. The van der Waals surface area contributed by atoms with Gasteiger partial charge in [-0.15, -0.1) is 0 Å². The van der Waals surface area contributed by atoms with Gasteiger partial charge in [-0.2, -0.15) is 0 Å². The van der Waals surface area contributed by atoms with Crippen LogP contribution in [-0.4, -0.2) is 43.0 Å². The van der Waals surface area contributed by atoms with Crippen molar-refractivity contribution in [3.8, 4) is 0 Å². The fraction of sp³-hybridized carbons (Fsp3) is 0.933. The van der Waals surface area contributed by atoms with Crippen molar-refractivity contribution in [2.24, 2.45) is 17.6 Å². The summed E-state index contributed by atoms with van der Waals surface area (Å²) in [6, 6.07) is 0.282. The van der Waals surface area contributed by atoms with Crippen LogP contribution in [0.5, 0.6) is 0 Å². The zero-order chi connectivity index (χ0) is 14.3. The SMILES string of the molecule is CCCN(CC)CCNC(=O)C1CCC(N)C(C)C1. The van der Waals surface area contributed by atoms with Crippen molar-refractivity contribution < 1.29 is 4.79 Å². The van der Waals surface area contributed by atoms with Crippen LogP contribution >= 0.6 is 0 Å². The lowest BCUT2D eigenvalue weighted by Gasteiger charge is -2.31. The topological polar surface area (TPSA) is 58.4 Å². The normalized spacial score (nSPS) is 27.5. The number of nitrogens with zero attached hydrogens (tertiary/aromatic N) is 1. The first kappa shape index (κ1) is 16.4. The zero-order valence-electron chi connectivity index (χ0n) is 12.8. The van der Waals surface area contributed by atoms with E-state index in [-0.39, 0.29) is 17.9 Å². The Kier molecular flexibility index (Phi) is 7.39. The van der Waals surface area contributed by atoms with Gasteiger partial charge in [0.2, 0.25) is 5.91 Å². The van der Waals surface area contributed by atoms with E-state index in [0.717, 1.165) is 45.4 Å². The standard InChI is InChI=1S/C15H31N3O/c1-4-9-18(5-2)10-8-17-15(19)13-6-7-14(16)12(3)11-13/h12-14H,4-11,16H2,1-3H3,(H,17,19). The Hall–Kier alpha value is -0.610. The molecule has 0 radical (unpaired) electrons. The van der Waals surface area contributed by atoms with Gasteiger partial charge in [-0.1, -0.05) is 20.8 Å². The molecule has 112 valence electrons. The maximum atomic E-state index is 12.1. The first-order valence-electron chi connectivity index (χ1n) is 7.84. The van der Waals surface area contributed by atoms with Crippen molar-refractivity contribution in [2.45, 2.75) is 52.5 Å². The van der Waals surface area contributed by atoms with Gasteiger partial charge in [0, 0.05) is 25.0 Å². The van der Waals surface area contributed by atoms with Gasteiger partial charge in [0.25, 0.3) is 0 Å². The highest BCUT2D eigenvalue weighted by molar-refractivity contribution is 5.78. The molecule has 0 heterocycles. The molecular formula is C15H31N3O. The molecular weight excluding hydrogens is 238 g/mol. The van der Waals surface area contributed by atoms with Crippen LogP contribution in [0.3, 0.4) is 0 Å². The van der Waals surface area contributed by atoms with E-state index in [9.17, 15) is 4.79 Å². The van der Waals surface area contributed by atoms with Crippen LogP contribution < -0.4 is 11.1 Å². The van der Waals surface area contributed by atoms with Gasteiger partial charge in [-0.3, -0.25) is 4.79 Å². The molecule has 4 heteroatoms. The molecule has 0 saturated heterocycles. The molecule has 0 bridgehead atoms. The molecule has 1 amide bonds. The Morgan fingerprint density at radius 3 is 2.63 bits per heavy atom. The summed E-state index contributed by atoms with van der Waals surface area (Å²) in [5.74, 6) is 0.874. The maximum Gasteiger partial charge on any atom is 0.223 e. The summed E-state index contributed by atoms with van der Waals surface area (Å²) in [6.45, 7) is 10.4. The van der Waals surface area contributed by atoms with E-state index in [1.54, 1.807) is 0 Å². The Bertz CT molecular complexity index is 270. The zero-order valence-corrected chi connectivity index (χ0v) is 12.8. The predicted molar refractivity (Wildman–Crippen MR) is 79.9 cm³/mol. The van der Waals surface area contributed by atoms with E-state index in [4.69, 9.17) is 5.73 Å². The van der Waals surface area contributed by atoms with E-state index in [1.807, 2.05) is 0 Å². The minimum atomic E-state index is 0.177. The summed E-state index contributed by atoms with van der Waals surface area (Å²) in [5.41, 5.74) is 5.99. The van der Waals surface area contributed by atoms with Crippen molar-refractivity contribution in [3.05, 3.63) is 0 Å². The van der Waals surface area contributed by atoms with Gasteiger partial charge >= 0.3 is 0 Å². The molecule has 0 aromatic rings. The van der Waals surface area contributed by atoms with E-state index in [0.29, 0.717) is 5.92 Å². The number of hydrogen-bond donors (Lipinski definition) is 2. The number of nitrogens with one attached hydrogen (secondary N) is 1. The quantitative estimate of drug-likeness (QED) is 0.738. The second kappa shape index (κ2) is 8.54. The first-order chi connectivity index (χ1) is 9.08. The molecule has 1 fully saturated rings. The Morgan fingerprint density at radius 1 is 1.32 bits per heavy atom. The van der Waals surface area contributed by atoms with Crippen LogP contribution in [0.25, 0.3) is 0 Å². The average molecular weight is 269 g/mol. The number of amides is 1. The Morgan fingerprint density at radius 2 is 2.05 bits per heavy atom. The van der Waals surface area contributed by atoms with Gasteiger partial charge in [-0.05, 0) is 44.7 Å². The van der Waals surface area contributed by atoms with Crippen molar-refractivity contribution in [1.82, 2.24) is 10.2 Å². The second-order valence-corrected chi connectivity index (χ2v) is 5.88. The summed E-state index contributed by atoms with van der Waals surface area (Å²) >= 11 is 0. The fourth-order valence-corrected chi connectivity index (χ4v) is 2.88. The summed E-state index contributed by atoms with van der Waals surface area (Å²) in [7, 11) is 0. The number of rotatable bonds is 7. The average Bonchev–Trinajstić information content (AvgIpc) is 2.40. The monoisotopic (exact) mass is 269 g/mol. The predicted octanol–water partition coefficient (Wildman–Crippen LogP) is 1.60. The van der Waals surface area contributed by atoms with E-state index < -0.39 is 0 Å². The number of nitrogens with two attached hydrogens (primary N) is 1. The largest absolute Gasteiger partial charge is 0.355 e. The van der Waals surface area contributed by atoms with Gasteiger partial charge in [0.15, 0.2) is 0 Å². The smallest absolute Gasteiger partial charge is 0.223 e. The molecule has 3 N–H and O–H groups in total. The second-order valence-electron chi connectivity index (χ2n) is 5.88. The van der Waals surface area contributed by atoms with Crippen molar-refractivity contribution >= 4 is 5.91 Å². The van der Waals surface area contributed by atoms with E-state index in [2.05, 4.69) is 31.0 Å². The molecule has 1 aliphatic carbocycles. The Labute approximate surface area is 118 Å². The lowest BCUT2D eigenvalue weighted by atomic mass is 9.79. The number of likely N-dealkylation sites (N-methyl/N-ethyl adjacent to an activating group) is 1. The highest BCUT2D eigenvalue weighted by Gasteiger charge is 2.29. The van der Waals surface area contributed by atoms with Gasteiger partial charge < -0.3 is 16.0 Å². The summed E-state index contributed by atoms with van der Waals surface area (Å²) in [6.07, 6.45) is 4.04. The minimum Gasteiger partial charge on any atom is -0.355 e. The van der Waals surface area contributed by atoms with Gasteiger partial charge in [-0.25, -0.2) is 0 Å². The molecule has 3 atom stereocenters.